The van der Waals surface area contributed by atoms with Gasteiger partial charge in [0.2, 0.25) is 0 Å². The van der Waals surface area contributed by atoms with Crippen molar-refractivity contribution in [2.75, 3.05) is 19.8 Å². The van der Waals surface area contributed by atoms with E-state index in [1.54, 1.807) is 6.08 Å². The standard InChI is InChI=1S/C21H32O5/c1-3-6-20(13-22)12-16(23)17-15(18(20)24)5-4-14-11-21(25-9-10-26-21)8-7-19(14,17)2/h3-4,15-18,22-24H,1,5-13H2,2H3/t15-,16-,17-,18-,19-,20+/m0/s1. The van der Waals surface area contributed by atoms with Crippen LogP contribution in [0.4, 0.5) is 0 Å². The minimum Gasteiger partial charge on any atom is -0.396 e. The van der Waals surface area contributed by atoms with Gasteiger partial charge in [-0.3, -0.25) is 0 Å². The smallest absolute Gasteiger partial charge is 0.172 e. The molecule has 4 rings (SSSR count). The monoisotopic (exact) mass is 364 g/mol. The number of aliphatic hydroxyl groups excluding tert-OH is 3. The number of allylic oxidation sites excluding steroid dienone is 2. The summed E-state index contributed by atoms with van der Waals surface area (Å²) < 4.78 is 11.8. The lowest BCUT2D eigenvalue weighted by atomic mass is 9.48. The molecule has 1 spiro atoms. The fraction of sp³-hybridized carbons (Fsp3) is 0.810. The van der Waals surface area contributed by atoms with Crippen LogP contribution in [-0.4, -0.2) is 53.1 Å². The molecule has 6 atom stereocenters. The first-order chi connectivity index (χ1) is 12.4. The molecule has 0 aromatic rings. The second-order valence-electron chi connectivity index (χ2n) is 9.09. The fourth-order valence-electron chi connectivity index (χ4n) is 6.39. The van der Waals surface area contributed by atoms with Gasteiger partial charge >= 0.3 is 0 Å². The van der Waals surface area contributed by atoms with Crippen molar-refractivity contribution in [2.45, 2.75) is 63.4 Å². The Bertz CT molecular complexity index is 595. The van der Waals surface area contributed by atoms with Gasteiger partial charge in [0.15, 0.2) is 5.79 Å². The predicted molar refractivity (Wildman–Crippen MR) is 97.2 cm³/mol. The maximum absolute atomic E-state index is 11.2. The highest BCUT2D eigenvalue weighted by Crippen LogP contribution is 2.61. The van der Waals surface area contributed by atoms with E-state index in [2.05, 4.69) is 19.6 Å². The number of ether oxygens (including phenoxy) is 2. The minimum absolute atomic E-state index is 0.000688. The summed E-state index contributed by atoms with van der Waals surface area (Å²) in [5.41, 5.74) is 0.468. The summed E-state index contributed by atoms with van der Waals surface area (Å²) in [5.74, 6) is -0.520. The SMILES string of the molecule is C=CC[C@]1(CO)C[C@H](O)[C@@H]2[C@H](CC=C3CC4(CC[C@@]32C)OCCO4)[C@@H]1O. The Balaban J connectivity index is 1.66. The maximum Gasteiger partial charge on any atom is 0.172 e. The van der Waals surface area contributed by atoms with Gasteiger partial charge in [0, 0.05) is 18.3 Å². The maximum atomic E-state index is 11.2. The highest BCUT2D eigenvalue weighted by molar-refractivity contribution is 5.27. The van der Waals surface area contributed by atoms with Crippen molar-refractivity contribution in [3.8, 4) is 0 Å². The van der Waals surface area contributed by atoms with Gasteiger partial charge in [-0.25, -0.2) is 0 Å². The molecule has 0 bridgehead atoms. The van der Waals surface area contributed by atoms with Gasteiger partial charge in [-0.05, 0) is 42.9 Å². The second-order valence-corrected chi connectivity index (χ2v) is 9.09. The van der Waals surface area contributed by atoms with E-state index in [0.717, 1.165) is 25.7 Å². The lowest BCUT2D eigenvalue weighted by Crippen LogP contribution is -2.61. The number of hydrogen-bond donors (Lipinski definition) is 3. The Morgan fingerprint density at radius 2 is 2.00 bits per heavy atom. The predicted octanol–water partition coefficient (Wildman–Crippen LogP) is 2.16. The fourth-order valence-corrected chi connectivity index (χ4v) is 6.39. The Morgan fingerprint density at radius 1 is 1.27 bits per heavy atom. The lowest BCUT2D eigenvalue weighted by Gasteiger charge is -2.59. The molecule has 5 heteroatoms. The number of aliphatic hydroxyl groups is 3. The molecule has 0 aromatic heterocycles. The third kappa shape index (κ3) is 2.55. The third-order valence-corrected chi connectivity index (χ3v) is 7.79. The molecule has 0 amide bonds. The van der Waals surface area contributed by atoms with E-state index >= 15 is 0 Å². The molecule has 0 radical (unpaired) electrons. The van der Waals surface area contributed by atoms with E-state index < -0.39 is 23.4 Å². The molecule has 4 aliphatic rings. The van der Waals surface area contributed by atoms with Crippen LogP contribution < -0.4 is 0 Å². The first-order valence-electron chi connectivity index (χ1n) is 9.95. The summed E-state index contributed by atoms with van der Waals surface area (Å²) >= 11 is 0. The van der Waals surface area contributed by atoms with Gasteiger partial charge in [-0.15, -0.1) is 6.58 Å². The molecular formula is C21H32O5. The lowest BCUT2D eigenvalue weighted by molar-refractivity contribution is -0.205. The van der Waals surface area contributed by atoms with Crippen molar-refractivity contribution in [1.82, 2.24) is 0 Å². The highest BCUT2D eigenvalue weighted by Gasteiger charge is 2.60. The summed E-state index contributed by atoms with van der Waals surface area (Å²) in [4.78, 5) is 0. The molecule has 1 saturated heterocycles. The van der Waals surface area contributed by atoms with Crippen molar-refractivity contribution >= 4 is 0 Å². The van der Waals surface area contributed by atoms with Crippen LogP contribution in [0.5, 0.6) is 0 Å². The Kier molecular flexibility index (Phi) is 4.60. The van der Waals surface area contributed by atoms with Crippen LogP contribution >= 0.6 is 0 Å². The Hall–Kier alpha value is -0.720. The topological polar surface area (TPSA) is 79.2 Å². The van der Waals surface area contributed by atoms with E-state index in [1.807, 2.05) is 0 Å². The van der Waals surface area contributed by atoms with Crippen molar-refractivity contribution in [2.24, 2.45) is 22.7 Å². The van der Waals surface area contributed by atoms with Crippen molar-refractivity contribution in [3.05, 3.63) is 24.3 Å². The molecule has 3 fully saturated rings. The van der Waals surface area contributed by atoms with Crippen LogP contribution in [0.15, 0.2) is 24.3 Å². The summed E-state index contributed by atoms with van der Waals surface area (Å²) in [6, 6.07) is 0. The van der Waals surface area contributed by atoms with Crippen molar-refractivity contribution in [1.29, 1.82) is 0 Å². The summed E-state index contributed by atoms with van der Waals surface area (Å²) in [6.45, 7) is 7.19. The molecule has 146 valence electrons. The highest BCUT2D eigenvalue weighted by atomic mass is 16.7. The number of rotatable bonds is 3. The van der Waals surface area contributed by atoms with Crippen LogP contribution in [0.25, 0.3) is 0 Å². The summed E-state index contributed by atoms with van der Waals surface area (Å²) in [5, 5.41) is 32.3. The molecule has 5 nitrogen and oxygen atoms in total. The molecule has 26 heavy (non-hydrogen) atoms. The molecule has 1 aliphatic heterocycles. The molecule has 3 aliphatic carbocycles. The van der Waals surface area contributed by atoms with Crippen LogP contribution in [0.2, 0.25) is 0 Å². The molecule has 0 aromatic carbocycles. The zero-order valence-electron chi connectivity index (χ0n) is 15.7. The summed E-state index contributed by atoms with van der Waals surface area (Å²) in [7, 11) is 0. The van der Waals surface area contributed by atoms with E-state index in [-0.39, 0.29) is 23.9 Å². The van der Waals surface area contributed by atoms with Crippen LogP contribution in [0.1, 0.15) is 45.4 Å². The zero-order valence-corrected chi connectivity index (χ0v) is 15.7. The van der Waals surface area contributed by atoms with Gasteiger partial charge in [-0.2, -0.15) is 0 Å². The van der Waals surface area contributed by atoms with Crippen molar-refractivity contribution in [3.63, 3.8) is 0 Å². The average Bonchev–Trinajstić information content (AvgIpc) is 3.07. The van der Waals surface area contributed by atoms with Gasteiger partial charge in [0.05, 0.1) is 32.0 Å². The van der Waals surface area contributed by atoms with Gasteiger partial charge in [0.1, 0.15) is 0 Å². The first-order valence-corrected chi connectivity index (χ1v) is 9.95. The van der Waals surface area contributed by atoms with Crippen molar-refractivity contribution < 1.29 is 24.8 Å². The minimum atomic E-state index is -0.683. The molecule has 2 saturated carbocycles. The zero-order chi connectivity index (χ0) is 18.6. The van der Waals surface area contributed by atoms with Crippen LogP contribution in [-0.2, 0) is 9.47 Å². The second kappa shape index (κ2) is 6.42. The van der Waals surface area contributed by atoms with Gasteiger partial charge in [0.25, 0.3) is 0 Å². The molecule has 3 N–H and O–H groups in total. The molecule has 0 unspecified atom stereocenters. The third-order valence-electron chi connectivity index (χ3n) is 7.79. The largest absolute Gasteiger partial charge is 0.396 e. The van der Waals surface area contributed by atoms with Crippen LogP contribution in [0, 0.1) is 22.7 Å². The summed E-state index contributed by atoms with van der Waals surface area (Å²) in [6.07, 6.45) is 6.94. The quantitative estimate of drug-likeness (QED) is 0.669. The van der Waals surface area contributed by atoms with E-state index in [4.69, 9.17) is 9.47 Å². The van der Waals surface area contributed by atoms with Gasteiger partial charge < -0.3 is 24.8 Å². The van der Waals surface area contributed by atoms with E-state index in [9.17, 15) is 15.3 Å². The number of fused-ring (bicyclic) bond motifs is 3. The Morgan fingerprint density at radius 3 is 2.65 bits per heavy atom. The average molecular weight is 364 g/mol. The van der Waals surface area contributed by atoms with E-state index in [0.29, 0.717) is 26.1 Å². The van der Waals surface area contributed by atoms with Crippen LogP contribution in [0.3, 0.4) is 0 Å². The molecule has 1 heterocycles. The molecular weight excluding hydrogens is 332 g/mol. The normalized spacial score (nSPS) is 47.2. The first kappa shape index (κ1) is 18.6. The number of hydrogen-bond acceptors (Lipinski definition) is 5. The van der Waals surface area contributed by atoms with E-state index in [1.165, 1.54) is 5.57 Å². The van der Waals surface area contributed by atoms with Gasteiger partial charge in [-0.1, -0.05) is 24.6 Å². The Labute approximate surface area is 155 Å².